The SMILES string of the molecule is COc1ccccc1CN(C)c1cc(F)ccc1[N+](=O)[O-]. The van der Waals surface area contributed by atoms with E-state index in [0.29, 0.717) is 12.3 Å². The van der Waals surface area contributed by atoms with Crippen molar-refractivity contribution in [1.82, 2.24) is 0 Å². The van der Waals surface area contributed by atoms with E-state index in [-0.39, 0.29) is 11.4 Å². The van der Waals surface area contributed by atoms with Crippen molar-refractivity contribution in [2.45, 2.75) is 6.54 Å². The Morgan fingerprint density at radius 3 is 2.67 bits per heavy atom. The second kappa shape index (κ2) is 6.21. The molecule has 0 heterocycles. The molecule has 0 fully saturated rings. The molecule has 2 rings (SSSR count). The van der Waals surface area contributed by atoms with Crippen LogP contribution in [0.1, 0.15) is 5.56 Å². The van der Waals surface area contributed by atoms with Gasteiger partial charge in [0.05, 0.1) is 12.0 Å². The summed E-state index contributed by atoms with van der Waals surface area (Å²) in [5.74, 6) is 0.172. The van der Waals surface area contributed by atoms with Gasteiger partial charge in [0.1, 0.15) is 17.3 Å². The number of para-hydroxylation sites is 1. The molecule has 110 valence electrons. The molecule has 0 aromatic heterocycles. The van der Waals surface area contributed by atoms with Crippen LogP contribution in [0.2, 0.25) is 0 Å². The van der Waals surface area contributed by atoms with Crippen molar-refractivity contribution in [1.29, 1.82) is 0 Å². The molecule has 0 bridgehead atoms. The van der Waals surface area contributed by atoms with Crippen LogP contribution in [-0.4, -0.2) is 19.1 Å². The van der Waals surface area contributed by atoms with E-state index in [1.165, 1.54) is 6.07 Å². The van der Waals surface area contributed by atoms with Crippen molar-refractivity contribution in [3.05, 3.63) is 64.0 Å². The first kappa shape index (κ1) is 14.8. The van der Waals surface area contributed by atoms with Gasteiger partial charge in [0.15, 0.2) is 0 Å². The Morgan fingerprint density at radius 1 is 1.29 bits per heavy atom. The Labute approximate surface area is 121 Å². The molecule has 0 aliphatic carbocycles. The van der Waals surface area contributed by atoms with Crippen molar-refractivity contribution in [3.8, 4) is 5.75 Å². The smallest absolute Gasteiger partial charge is 0.292 e. The van der Waals surface area contributed by atoms with Crippen LogP contribution >= 0.6 is 0 Å². The van der Waals surface area contributed by atoms with Gasteiger partial charge in [-0.1, -0.05) is 18.2 Å². The van der Waals surface area contributed by atoms with E-state index >= 15 is 0 Å². The average Bonchev–Trinajstić information content (AvgIpc) is 2.47. The number of hydrogen-bond donors (Lipinski definition) is 0. The molecule has 0 amide bonds. The first-order valence-corrected chi connectivity index (χ1v) is 6.30. The van der Waals surface area contributed by atoms with Crippen LogP contribution in [0.4, 0.5) is 15.8 Å². The van der Waals surface area contributed by atoms with E-state index < -0.39 is 10.7 Å². The van der Waals surface area contributed by atoms with E-state index in [1.54, 1.807) is 19.1 Å². The lowest BCUT2D eigenvalue weighted by molar-refractivity contribution is -0.384. The maximum Gasteiger partial charge on any atom is 0.292 e. The minimum absolute atomic E-state index is 0.131. The van der Waals surface area contributed by atoms with Gasteiger partial charge in [0.2, 0.25) is 0 Å². The molecule has 0 radical (unpaired) electrons. The third-order valence-electron chi connectivity index (χ3n) is 3.15. The molecule has 0 spiro atoms. The number of nitro groups is 1. The number of rotatable bonds is 5. The highest BCUT2D eigenvalue weighted by molar-refractivity contribution is 5.63. The van der Waals surface area contributed by atoms with Gasteiger partial charge in [0.25, 0.3) is 5.69 Å². The van der Waals surface area contributed by atoms with E-state index in [2.05, 4.69) is 0 Å². The van der Waals surface area contributed by atoms with Gasteiger partial charge < -0.3 is 9.64 Å². The molecule has 0 aliphatic heterocycles. The normalized spacial score (nSPS) is 10.2. The highest BCUT2D eigenvalue weighted by Gasteiger charge is 2.18. The Bertz CT molecular complexity index is 661. The zero-order valence-electron chi connectivity index (χ0n) is 11.7. The fourth-order valence-corrected chi connectivity index (χ4v) is 2.13. The summed E-state index contributed by atoms with van der Waals surface area (Å²) in [5.41, 5.74) is 0.959. The maximum atomic E-state index is 13.4. The number of nitro benzene ring substituents is 1. The number of hydrogen-bond acceptors (Lipinski definition) is 4. The number of methoxy groups -OCH3 is 1. The number of halogens is 1. The summed E-state index contributed by atoms with van der Waals surface area (Å²) in [4.78, 5) is 12.1. The molecule has 2 aromatic carbocycles. The minimum Gasteiger partial charge on any atom is -0.496 e. The highest BCUT2D eigenvalue weighted by Crippen LogP contribution is 2.30. The van der Waals surface area contributed by atoms with Gasteiger partial charge in [-0.15, -0.1) is 0 Å². The largest absolute Gasteiger partial charge is 0.496 e. The molecule has 6 heteroatoms. The predicted octanol–water partition coefficient (Wildman–Crippen LogP) is 3.38. The van der Waals surface area contributed by atoms with Gasteiger partial charge in [-0.25, -0.2) is 4.39 Å². The van der Waals surface area contributed by atoms with Crippen LogP contribution in [-0.2, 0) is 6.54 Å². The second-order valence-electron chi connectivity index (χ2n) is 4.56. The van der Waals surface area contributed by atoms with Crippen LogP contribution in [0, 0.1) is 15.9 Å². The number of ether oxygens (including phenoxy) is 1. The van der Waals surface area contributed by atoms with E-state index in [0.717, 1.165) is 17.7 Å². The van der Waals surface area contributed by atoms with Gasteiger partial charge in [-0.05, 0) is 12.1 Å². The zero-order chi connectivity index (χ0) is 15.4. The van der Waals surface area contributed by atoms with Gasteiger partial charge in [-0.2, -0.15) is 0 Å². The molecule has 0 saturated heterocycles. The lowest BCUT2D eigenvalue weighted by Gasteiger charge is -2.20. The molecule has 2 aromatic rings. The van der Waals surface area contributed by atoms with E-state index in [1.807, 2.05) is 24.3 Å². The monoisotopic (exact) mass is 290 g/mol. The summed E-state index contributed by atoms with van der Waals surface area (Å²) in [6, 6.07) is 10.8. The van der Waals surface area contributed by atoms with E-state index in [4.69, 9.17) is 4.74 Å². The number of nitrogens with zero attached hydrogens (tertiary/aromatic N) is 2. The lowest BCUT2D eigenvalue weighted by atomic mass is 10.1. The summed E-state index contributed by atoms with van der Waals surface area (Å²) in [7, 11) is 3.23. The third kappa shape index (κ3) is 3.28. The fourth-order valence-electron chi connectivity index (χ4n) is 2.13. The van der Waals surface area contributed by atoms with Gasteiger partial charge >= 0.3 is 0 Å². The van der Waals surface area contributed by atoms with Crippen LogP contribution in [0.3, 0.4) is 0 Å². The Kier molecular flexibility index (Phi) is 4.37. The quantitative estimate of drug-likeness (QED) is 0.625. The predicted molar refractivity (Wildman–Crippen MR) is 78.2 cm³/mol. The first-order valence-electron chi connectivity index (χ1n) is 6.30. The van der Waals surface area contributed by atoms with Crippen molar-refractivity contribution >= 4 is 11.4 Å². The molecule has 0 atom stereocenters. The molecular formula is C15H15FN2O3. The average molecular weight is 290 g/mol. The summed E-state index contributed by atoms with van der Waals surface area (Å²) >= 11 is 0. The molecular weight excluding hydrogens is 275 g/mol. The van der Waals surface area contributed by atoms with E-state index in [9.17, 15) is 14.5 Å². The number of anilines is 1. The van der Waals surface area contributed by atoms with Crippen LogP contribution < -0.4 is 9.64 Å². The standard InChI is InChI=1S/C15H15FN2O3/c1-17(10-11-5-3-4-6-15(11)21-2)14-9-12(16)7-8-13(14)18(19)20/h3-9H,10H2,1-2H3. The topological polar surface area (TPSA) is 55.6 Å². The molecule has 5 nitrogen and oxygen atoms in total. The molecule has 21 heavy (non-hydrogen) atoms. The van der Waals surface area contributed by atoms with Crippen molar-refractivity contribution in [2.24, 2.45) is 0 Å². The maximum absolute atomic E-state index is 13.4. The van der Waals surface area contributed by atoms with Crippen LogP contribution in [0.5, 0.6) is 5.75 Å². The van der Waals surface area contributed by atoms with Gasteiger partial charge in [0, 0.05) is 31.3 Å². The third-order valence-corrected chi connectivity index (χ3v) is 3.15. The second-order valence-corrected chi connectivity index (χ2v) is 4.56. The molecule has 0 N–H and O–H groups in total. The van der Waals surface area contributed by atoms with Crippen molar-refractivity contribution in [3.63, 3.8) is 0 Å². The minimum atomic E-state index is -0.520. The molecule has 0 unspecified atom stereocenters. The van der Waals surface area contributed by atoms with Crippen molar-refractivity contribution in [2.75, 3.05) is 19.1 Å². The first-order chi connectivity index (χ1) is 10.0. The Balaban J connectivity index is 2.34. The summed E-state index contributed by atoms with van der Waals surface area (Å²) < 4.78 is 18.6. The number of benzene rings is 2. The van der Waals surface area contributed by atoms with Crippen LogP contribution in [0.15, 0.2) is 42.5 Å². The van der Waals surface area contributed by atoms with Crippen LogP contribution in [0.25, 0.3) is 0 Å². The Hall–Kier alpha value is -2.63. The van der Waals surface area contributed by atoms with Gasteiger partial charge in [-0.3, -0.25) is 10.1 Å². The fraction of sp³-hybridized carbons (Fsp3) is 0.200. The summed E-state index contributed by atoms with van der Waals surface area (Å²) in [5, 5.41) is 11.0. The zero-order valence-corrected chi connectivity index (χ0v) is 11.7. The van der Waals surface area contributed by atoms with Crippen molar-refractivity contribution < 1.29 is 14.1 Å². The summed E-state index contributed by atoms with van der Waals surface area (Å²) in [6.07, 6.45) is 0. The summed E-state index contributed by atoms with van der Waals surface area (Å²) in [6.45, 7) is 0.369. The molecule has 0 aliphatic rings. The Morgan fingerprint density at radius 2 is 2.00 bits per heavy atom. The lowest BCUT2D eigenvalue weighted by Crippen LogP contribution is -2.18. The molecule has 0 saturated carbocycles. The highest BCUT2D eigenvalue weighted by atomic mass is 19.1.